The van der Waals surface area contributed by atoms with Crippen LogP contribution in [0.1, 0.15) is 6.42 Å². The van der Waals surface area contributed by atoms with Gasteiger partial charge in [-0.15, -0.1) is 11.8 Å². The Morgan fingerprint density at radius 1 is 1.19 bits per heavy atom. The van der Waals surface area contributed by atoms with E-state index >= 15 is 0 Å². The van der Waals surface area contributed by atoms with Gasteiger partial charge in [0.1, 0.15) is 5.82 Å². The van der Waals surface area contributed by atoms with Crippen molar-refractivity contribution in [2.45, 2.75) is 11.3 Å². The summed E-state index contributed by atoms with van der Waals surface area (Å²) in [6.07, 6.45) is 0.347. The van der Waals surface area contributed by atoms with Gasteiger partial charge >= 0.3 is 0 Å². The van der Waals surface area contributed by atoms with Gasteiger partial charge in [0.2, 0.25) is 5.91 Å². The van der Waals surface area contributed by atoms with Gasteiger partial charge < -0.3 is 15.0 Å². The van der Waals surface area contributed by atoms with E-state index in [0.717, 1.165) is 4.90 Å². The summed E-state index contributed by atoms with van der Waals surface area (Å²) in [5.41, 5.74) is 1.02. The van der Waals surface area contributed by atoms with E-state index in [1.807, 2.05) is 29.2 Å². The monoisotopic (exact) mass is 394 g/mol. The fourth-order valence-corrected chi connectivity index (χ4v) is 3.64. The Morgan fingerprint density at radius 2 is 1.92 bits per heavy atom. The van der Waals surface area contributed by atoms with Crippen LogP contribution in [-0.4, -0.2) is 38.0 Å². The lowest BCUT2D eigenvalue weighted by Crippen LogP contribution is -2.36. The lowest BCUT2D eigenvalue weighted by Gasteiger charge is -2.29. The zero-order chi connectivity index (χ0) is 18.4. The third-order valence-corrected chi connectivity index (χ3v) is 5.26. The average Bonchev–Trinajstić information content (AvgIpc) is 2.64. The van der Waals surface area contributed by atoms with Gasteiger partial charge in [-0.2, -0.15) is 0 Å². The largest absolute Gasteiger partial charge is 0.378 e. The predicted molar refractivity (Wildman–Crippen MR) is 105 cm³/mol. The topological polar surface area (TPSA) is 41.6 Å². The average molecular weight is 395 g/mol. The van der Waals surface area contributed by atoms with E-state index in [9.17, 15) is 9.18 Å². The van der Waals surface area contributed by atoms with E-state index in [2.05, 4.69) is 5.32 Å². The van der Waals surface area contributed by atoms with Gasteiger partial charge in [0.25, 0.3) is 0 Å². The molecule has 0 saturated carbocycles. The van der Waals surface area contributed by atoms with Crippen LogP contribution in [0.5, 0.6) is 0 Å². The van der Waals surface area contributed by atoms with E-state index in [1.54, 1.807) is 23.9 Å². The maximum atomic E-state index is 14.3. The van der Waals surface area contributed by atoms with Crippen molar-refractivity contribution >= 4 is 40.6 Å². The van der Waals surface area contributed by atoms with Crippen molar-refractivity contribution in [3.63, 3.8) is 0 Å². The third-order valence-electron chi connectivity index (χ3n) is 3.99. The quantitative estimate of drug-likeness (QED) is 0.735. The van der Waals surface area contributed by atoms with Crippen LogP contribution in [0.4, 0.5) is 15.8 Å². The summed E-state index contributed by atoms with van der Waals surface area (Å²) >= 11 is 7.43. The summed E-state index contributed by atoms with van der Waals surface area (Å²) in [4.78, 5) is 15.1. The number of ether oxygens (including phenoxy) is 1. The van der Waals surface area contributed by atoms with Crippen LogP contribution in [0.25, 0.3) is 0 Å². The minimum absolute atomic E-state index is 0.134. The lowest BCUT2D eigenvalue weighted by molar-refractivity contribution is -0.115. The van der Waals surface area contributed by atoms with Crippen molar-refractivity contribution in [1.29, 1.82) is 0 Å². The molecule has 1 fully saturated rings. The molecular formula is C19H20ClFN2O2S. The second kappa shape index (κ2) is 9.26. The van der Waals surface area contributed by atoms with Crippen LogP contribution in [0, 0.1) is 5.82 Å². The number of halogens is 2. The first-order valence-corrected chi connectivity index (χ1v) is 9.78. The molecule has 0 spiro atoms. The van der Waals surface area contributed by atoms with Crippen molar-refractivity contribution in [2.24, 2.45) is 0 Å². The van der Waals surface area contributed by atoms with Crippen LogP contribution in [0.15, 0.2) is 47.4 Å². The molecule has 0 atom stereocenters. The van der Waals surface area contributed by atoms with Gasteiger partial charge in [0.05, 0.1) is 18.9 Å². The first-order chi connectivity index (χ1) is 12.6. The Balaban J connectivity index is 1.49. The Labute approximate surface area is 161 Å². The van der Waals surface area contributed by atoms with Gasteiger partial charge in [-0.1, -0.05) is 11.6 Å². The molecule has 1 aliphatic heterocycles. The number of rotatable bonds is 6. The summed E-state index contributed by atoms with van der Waals surface area (Å²) < 4.78 is 19.6. The number of anilines is 2. The van der Waals surface area contributed by atoms with Gasteiger partial charge in [-0.25, -0.2) is 4.39 Å². The second-order valence-corrected chi connectivity index (χ2v) is 7.47. The molecule has 0 bridgehead atoms. The molecule has 1 N–H and O–H groups in total. The second-order valence-electron chi connectivity index (χ2n) is 5.87. The summed E-state index contributed by atoms with van der Waals surface area (Å²) in [6, 6.07) is 12.3. The molecule has 3 rings (SSSR count). The lowest BCUT2D eigenvalue weighted by atomic mass is 10.2. The Bertz CT molecular complexity index is 752. The fraction of sp³-hybridized carbons (Fsp3) is 0.316. The van der Waals surface area contributed by atoms with E-state index in [1.165, 1.54) is 6.07 Å². The van der Waals surface area contributed by atoms with Crippen molar-refractivity contribution in [3.8, 4) is 0 Å². The van der Waals surface area contributed by atoms with Crippen molar-refractivity contribution in [1.82, 2.24) is 0 Å². The number of morpholine rings is 1. The maximum absolute atomic E-state index is 14.3. The fourth-order valence-electron chi connectivity index (χ4n) is 2.66. The maximum Gasteiger partial charge on any atom is 0.225 e. The molecule has 2 aromatic rings. The smallest absolute Gasteiger partial charge is 0.225 e. The van der Waals surface area contributed by atoms with Gasteiger partial charge in [0, 0.05) is 40.9 Å². The van der Waals surface area contributed by atoms with Crippen LogP contribution in [-0.2, 0) is 9.53 Å². The zero-order valence-corrected chi connectivity index (χ0v) is 15.8. The number of benzene rings is 2. The highest BCUT2D eigenvalue weighted by Gasteiger charge is 2.15. The molecule has 7 heteroatoms. The molecule has 4 nitrogen and oxygen atoms in total. The van der Waals surface area contributed by atoms with Crippen LogP contribution in [0.2, 0.25) is 5.02 Å². The Morgan fingerprint density at radius 3 is 2.62 bits per heavy atom. The summed E-state index contributed by atoms with van der Waals surface area (Å²) in [7, 11) is 0. The molecule has 1 saturated heterocycles. The van der Waals surface area contributed by atoms with Gasteiger partial charge in [0.15, 0.2) is 0 Å². The molecule has 26 heavy (non-hydrogen) atoms. The third kappa shape index (κ3) is 5.37. The molecule has 0 radical (unpaired) electrons. The summed E-state index contributed by atoms with van der Waals surface area (Å²) in [5.74, 6) is 0.173. The highest BCUT2D eigenvalue weighted by Crippen LogP contribution is 2.24. The SMILES string of the molecule is O=C(CCSc1ccc(Cl)cc1)Nc1ccc(N2CCOCC2)c(F)c1. The van der Waals surface area contributed by atoms with Crippen LogP contribution < -0.4 is 10.2 Å². The number of carbonyl (C=O) groups excluding carboxylic acids is 1. The molecule has 1 amide bonds. The van der Waals surface area contributed by atoms with Gasteiger partial charge in [-0.3, -0.25) is 4.79 Å². The number of thioether (sulfide) groups is 1. The first kappa shape index (κ1) is 19.0. The highest BCUT2D eigenvalue weighted by molar-refractivity contribution is 7.99. The predicted octanol–water partition coefficient (Wildman–Crippen LogP) is 4.44. The van der Waals surface area contributed by atoms with Gasteiger partial charge in [-0.05, 0) is 42.5 Å². The minimum Gasteiger partial charge on any atom is -0.378 e. The van der Waals surface area contributed by atoms with E-state index < -0.39 is 0 Å². The van der Waals surface area contributed by atoms with E-state index in [0.29, 0.717) is 54.9 Å². The van der Waals surface area contributed by atoms with Crippen molar-refractivity contribution in [3.05, 3.63) is 53.3 Å². The standard InChI is InChI=1S/C19H20ClFN2O2S/c20-14-1-4-16(5-2-14)26-12-7-19(24)22-15-3-6-18(17(21)13-15)23-8-10-25-11-9-23/h1-6,13H,7-12H2,(H,22,24). The number of amides is 1. The van der Waals surface area contributed by atoms with Crippen LogP contribution in [0.3, 0.4) is 0 Å². The molecule has 2 aromatic carbocycles. The van der Waals surface area contributed by atoms with Crippen LogP contribution >= 0.6 is 23.4 Å². The van der Waals surface area contributed by atoms with Crippen molar-refractivity contribution in [2.75, 3.05) is 42.3 Å². The molecule has 0 aliphatic carbocycles. The first-order valence-electron chi connectivity index (χ1n) is 8.42. The Hall–Kier alpha value is -1.76. The summed E-state index contributed by atoms with van der Waals surface area (Å²) in [6.45, 7) is 2.54. The molecule has 138 valence electrons. The highest BCUT2D eigenvalue weighted by atomic mass is 35.5. The minimum atomic E-state index is -0.333. The summed E-state index contributed by atoms with van der Waals surface area (Å²) in [5, 5.41) is 3.44. The van der Waals surface area contributed by atoms with E-state index in [4.69, 9.17) is 16.3 Å². The molecular weight excluding hydrogens is 375 g/mol. The molecule has 0 aromatic heterocycles. The van der Waals surface area contributed by atoms with Crippen molar-refractivity contribution < 1.29 is 13.9 Å². The molecule has 1 heterocycles. The number of nitrogens with one attached hydrogen (secondary N) is 1. The molecule has 1 aliphatic rings. The van der Waals surface area contributed by atoms with E-state index in [-0.39, 0.29) is 11.7 Å². The normalized spacial score (nSPS) is 14.3. The molecule has 0 unspecified atom stereocenters. The zero-order valence-electron chi connectivity index (χ0n) is 14.2. The number of nitrogens with zero attached hydrogens (tertiary/aromatic N) is 1. The number of hydrogen-bond donors (Lipinski definition) is 1. The number of carbonyl (C=O) groups is 1. The number of hydrogen-bond acceptors (Lipinski definition) is 4. The Kier molecular flexibility index (Phi) is 6.77.